The highest BCUT2D eigenvalue weighted by atomic mass is 16.2. The van der Waals surface area contributed by atoms with Gasteiger partial charge in [-0.3, -0.25) is 21.0 Å². The van der Waals surface area contributed by atoms with Crippen molar-refractivity contribution in [2.75, 3.05) is 19.5 Å². The minimum absolute atomic E-state index is 0.254. The maximum absolute atomic E-state index is 11.5. The molecule has 0 bridgehead atoms. The quantitative estimate of drug-likeness (QED) is 0.450. The van der Waals surface area contributed by atoms with E-state index in [1.54, 1.807) is 31.4 Å². The predicted octanol–water partition coefficient (Wildman–Crippen LogP) is -0.426. The van der Waals surface area contributed by atoms with Crippen LogP contribution in [0.3, 0.4) is 0 Å². The number of carbonyl (C=O) groups is 1. The number of nitrogens with two attached hydrogens (primary N) is 1. The molecule has 0 spiro atoms. The van der Waals surface area contributed by atoms with Crippen LogP contribution in [0.25, 0.3) is 0 Å². The van der Waals surface area contributed by atoms with Gasteiger partial charge in [0.25, 0.3) is 5.91 Å². The molecular formula is C8H13N5O. The summed E-state index contributed by atoms with van der Waals surface area (Å²) in [5.74, 6) is 4.99. The minimum atomic E-state index is -0.254. The first kappa shape index (κ1) is 10.4. The van der Waals surface area contributed by atoms with Crippen molar-refractivity contribution in [1.29, 1.82) is 0 Å². The number of hydrogen-bond acceptors (Lipinski definition) is 5. The Morgan fingerprint density at radius 2 is 2.29 bits per heavy atom. The zero-order valence-electron chi connectivity index (χ0n) is 8.11. The van der Waals surface area contributed by atoms with E-state index >= 15 is 0 Å². The van der Waals surface area contributed by atoms with Crippen molar-refractivity contribution in [3.63, 3.8) is 0 Å². The summed E-state index contributed by atoms with van der Waals surface area (Å²) >= 11 is 0. The van der Waals surface area contributed by atoms with Gasteiger partial charge in [0.15, 0.2) is 0 Å². The molecule has 1 heterocycles. The highest BCUT2D eigenvalue weighted by molar-refractivity contribution is 5.98. The Balaban J connectivity index is 2.88. The van der Waals surface area contributed by atoms with Crippen molar-refractivity contribution in [3.8, 4) is 0 Å². The number of aromatic nitrogens is 1. The zero-order chi connectivity index (χ0) is 10.6. The number of nitrogen functional groups attached to an aromatic ring is 1. The van der Waals surface area contributed by atoms with Gasteiger partial charge >= 0.3 is 0 Å². The summed E-state index contributed by atoms with van der Waals surface area (Å²) in [5, 5.41) is 1.55. The van der Waals surface area contributed by atoms with Crippen LogP contribution in [0.2, 0.25) is 0 Å². The summed E-state index contributed by atoms with van der Waals surface area (Å²) < 4.78 is 0. The Kier molecular flexibility index (Phi) is 3.38. The molecule has 0 saturated heterocycles. The average Bonchev–Trinajstić information content (AvgIpc) is 2.16. The Morgan fingerprint density at radius 1 is 1.57 bits per heavy atom. The van der Waals surface area contributed by atoms with Crippen molar-refractivity contribution in [3.05, 3.63) is 24.0 Å². The van der Waals surface area contributed by atoms with Crippen LogP contribution in [0.15, 0.2) is 18.5 Å². The van der Waals surface area contributed by atoms with Crippen LogP contribution in [-0.2, 0) is 0 Å². The van der Waals surface area contributed by atoms with E-state index in [1.165, 1.54) is 6.20 Å². The minimum Gasteiger partial charge on any atom is -0.323 e. The van der Waals surface area contributed by atoms with Gasteiger partial charge in [0, 0.05) is 26.5 Å². The van der Waals surface area contributed by atoms with Crippen molar-refractivity contribution in [2.45, 2.75) is 0 Å². The summed E-state index contributed by atoms with van der Waals surface area (Å²) in [6, 6.07) is 1.63. The van der Waals surface area contributed by atoms with Crippen LogP contribution in [0.4, 0.5) is 5.69 Å². The van der Waals surface area contributed by atoms with E-state index in [1.807, 2.05) is 0 Å². The third-order valence-corrected chi connectivity index (χ3v) is 1.55. The molecule has 76 valence electrons. The summed E-state index contributed by atoms with van der Waals surface area (Å²) in [6.07, 6.45) is 3.01. The third-order valence-electron chi connectivity index (χ3n) is 1.55. The average molecular weight is 195 g/mol. The molecule has 1 amide bonds. The lowest BCUT2D eigenvalue weighted by Gasteiger charge is -2.13. The third kappa shape index (κ3) is 2.41. The highest BCUT2D eigenvalue weighted by Crippen LogP contribution is 2.11. The van der Waals surface area contributed by atoms with E-state index < -0.39 is 0 Å². The van der Waals surface area contributed by atoms with Crippen LogP contribution >= 0.6 is 0 Å². The Morgan fingerprint density at radius 3 is 2.86 bits per heavy atom. The normalized spacial score (nSPS) is 10.0. The fraction of sp³-hybridized carbons (Fsp3) is 0.250. The number of nitrogens with zero attached hydrogens (tertiary/aromatic N) is 2. The lowest BCUT2D eigenvalue weighted by atomic mass is 10.2. The number of anilines is 1. The van der Waals surface area contributed by atoms with Crippen molar-refractivity contribution in [2.24, 2.45) is 5.84 Å². The van der Waals surface area contributed by atoms with Crippen LogP contribution in [0.1, 0.15) is 10.4 Å². The maximum Gasteiger partial charge on any atom is 0.269 e. The Hall–Kier alpha value is -1.66. The second-order valence-corrected chi connectivity index (χ2v) is 2.90. The van der Waals surface area contributed by atoms with Crippen LogP contribution in [0, 0.1) is 0 Å². The van der Waals surface area contributed by atoms with Gasteiger partial charge in [-0.2, -0.15) is 0 Å². The van der Waals surface area contributed by atoms with Gasteiger partial charge < -0.3 is 5.43 Å². The van der Waals surface area contributed by atoms with Crippen molar-refractivity contribution in [1.82, 2.24) is 15.4 Å². The number of nitrogens with one attached hydrogen (secondary N) is 2. The molecule has 1 rings (SSSR count). The van der Waals surface area contributed by atoms with Gasteiger partial charge in [-0.05, 0) is 6.07 Å². The Bertz CT molecular complexity index is 325. The molecule has 0 fully saturated rings. The molecule has 4 N–H and O–H groups in total. The zero-order valence-corrected chi connectivity index (χ0v) is 8.11. The monoisotopic (exact) mass is 195 g/mol. The van der Waals surface area contributed by atoms with E-state index in [9.17, 15) is 4.79 Å². The van der Waals surface area contributed by atoms with E-state index in [2.05, 4.69) is 15.8 Å². The second-order valence-electron chi connectivity index (χ2n) is 2.90. The first-order chi connectivity index (χ1) is 6.65. The number of hydrogen-bond donors (Lipinski definition) is 3. The Labute approximate surface area is 82.0 Å². The SMILES string of the molecule is CN(C)NC(=O)c1cnccc1NN. The molecule has 6 heteroatoms. The van der Waals surface area contributed by atoms with Gasteiger partial charge in [0.05, 0.1) is 11.3 Å². The van der Waals surface area contributed by atoms with Gasteiger partial charge in [-0.1, -0.05) is 0 Å². The fourth-order valence-corrected chi connectivity index (χ4v) is 0.965. The predicted molar refractivity (Wildman–Crippen MR) is 53.2 cm³/mol. The number of carbonyl (C=O) groups excluding carboxylic acids is 1. The molecule has 6 nitrogen and oxygen atoms in total. The molecule has 0 aliphatic carbocycles. The fourth-order valence-electron chi connectivity index (χ4n) is 0.965. The topological polar surface area (TPSA) is 83.3 Å². The lowest BCUT2D eigenvalue weighted by Crippen LogP contribution is -2.36. The molecule has 0 radical (unpaired) electrons. The molecule has 0 aliphatic heterocycles. The van der Waals surface area contributed by atoms with E-state index in [0.29, 0.717) is 11.3 Å². The molecular weight excluding hydrogens is 182 g/mol. The van der Waals surface area contributed by atoms with Gasteiger partial charge in [0.1, 0.15) is 0 Å². The maximum atomic E-state index is 11.5. The number of amides is 1. The first-order valence-corrected chi connectivity index (χ1v) is 4.04. The summed E-state index contributed by atoms with van der Waals surface area (Å²) in [4.78, 5) is 15.4. The lowest BCUT2D eigenvalue weighted by molar-refractivity contribution is 0.0857. The van der Waals surface area contributed by atoms with Gasteiger partial charge in [0.2, 0.25) is 0 Å². The highest BCUT2D eigenvalue weighted by Gasteiger charge is 2.10. The van der Waals surface area contributed by atoms with Crippen LogP contribution < -0.4 is 16.7 Å². The molecule has 1 aromatic heterocycles. The molecule has 0 aromatic carbocycles. The molecule has 14 heavy (non-hydrogen) atoms. The van der Waals surface area contributed by atoms with Crippen molar-refractivity contribution >= 4 is 11.6 Å². The number of hydrazine groups is 2. The smallest absolute Gasteiger partial charge is 0.269 e. The molecule has 1 aromatic rings. The largest absolute Gasteiger partial charge is 0.323 e. The van der Waals surface area contributed by atoms with Gasteiger partial charge in [-0.25, -0.2) is 5.01 Å². The molecule has 0 aliphatic rings. The van der Waals surface area contributed by atoms with E-state index in [-0.39, 0.29) is 5.91 Å². The van der Waals surface area contributed by atoms with Crippen molar-refractivity contribution < 1.29 is 4.79 Å². The second kappa shape index (κ2) is 4.54. The number of pyridine rings is 1. The summed E-state index contributed by atoms with van der Waals surface area (Å²) in [5.41, 5.74) is 5.97. The molecule has 0 saturated carbocycles. The molecule has 0 atom stereocenters. The number of rotatable bonds is 3. The van der Waals surface area contributed by atoms with Crippen LogP contribution in [-0.4, -0.2) is 30.0 Å². The summed E-state index contributed by atoms with van der Waals surface area (Å²) in [6.45, 7) is 0. The van der Waals surface area contributed by atoms with E-state index in [4.69, 9.17) is 5.84 Å². The van der Waals surface area contributed by atoms with E-state index in [0.717, 1.165) is 0 Å². The summed E-state index contributed by atoms with van der Waals surface area (Å²) in [7, 11) is 3.45. The molecule has 0 unspecified atom stereocenters. The van der Waals surface area contributed by atoms with Crippen LogP contribution in [0.5, 0.6) is 0 Å². The van der Waals surface area contributed by atoms with Gasteiger partial charge in [-0.15, -0.1) is 0 Å². The first-order valence-electron chi connectivity index (χ1n) is 4.04. The standard InChI is InChI=1S/C8H13N5O/c1-13(2)12-8(14)6-5-10-4-3-7(6)11-9/h3-5H,9H2,1-2H3,(H,10,11)(H,12,14).